The van der Waals surface area contributed by atoms with Crippen molar-refractivity contribution in [2.75, 3.05) is 0 Å². The molecule has 0 fully saturated rings. The van der Waals surface area contributed by atoms with Crippen LogP contribution in [0.4, 0.5) is 0 Å². The summed E-state index contributed by atoms with van der Waals surface area (Å²) in [7, 11) is 0. The van der Waals surface area contributed by atoms with Gasteiger partial charge in [-0.3, -0.25) is 0 Å². The van der Waals surface area contributed by atoms with Crippen molar-refractivity contribution in [1.29, 1.82) is 0 Å². The van der Waals surface area contributed by atoms with Gasteiger partial charge in [-0.25, -0.2) is 4.79 Å². The maximum Gasteiger partial charge on any atom is 0.339 e. The average molecular weight is 251 g/mol. The topological polar surface area (TPSA) is 75.1 Å². The van der Waals surface area contributed by atoms with Crippen molar-refractivity contribution >= 4 is 5.97 Å². The van der Waals surface area contributed by atoms with E-state index < -0.39 is 11.7 Å². The molecule has 19 heavy (non-hydrogen) atoms. The number of fused-ring (bicyclic) bond motifs is 1. The summed E-state index contributed by atoms with van der Waals surface area (Å²) in [5, 5.41) is 3.75. The highest BCUT2D eigenvalue weighted by atomic mass is 16.6. The molecule has 0 saturated heterocycles. The Hall–Kier alpha value is -2.78. The first-order chi connectivity index (χ1) is 9.28. The fraction of sp³-hybridized carbons (Fsp3) is 0.0714. The minimum atomic E-state index is -1.40. The molecule has 0 radical (unpaired) electrons. The summed E-state index contributed by atoms with van der Waals surface area (Å²) >= 11 is 0. The van der Waals surface area contributed by atoms with Crippen LogP contribution in [0.3, 0.4) is 0 Å². The van der Waals surface area contributed by atoms with Crippen molar-refractivity contribution in [3.8, 4) is 0 Å². The van der Waals surface area contributed by atoms with Gasteiger partial charge in [0.05, 0.1) is 5.56 Å². The Kier molecular flexibility index (Phi) is 2.47. The van der Waals surface area contributed by atoms with Gasteiger partial charge in [-0.1, -0.05) is 48.5 Å². The second kappa shape index (κ2) is 4.15. The molecule has 0 aliphatic carbocycles. The van der Waals surface area contributed by atoms with Crippen molar-refractivity contribution in [3.05, 3.63) is 81.7 Å². The van der Waals surface area contributed by atoms with E-state index in [9.17, 15) is 4.79 Å². The number of ether oxygens (including phenoxy) is 1. The molecular weight excluding hydrogens is 242 g/mol. The number of hydrogen-bond acceptors (Lipinski definition) is 3. The van der Waals surface area contributed by atoms with Gasteiger partial charge in [0.25, 0.3) is 0 Å². The molecule has 0 saturated carbocycles. The van der Waals surface area contributed by atoms with Gasteiger partial charge in [0.15, 0.2) is 0 Å². The van der Waals surface area contributed by atoms with E-state index in [4.69, 9.17) is 10.3 Å². The van der Waals surface area contributed by atoms with E-state index in [1.54, 1.807) is 48.5 Å². The first-order valence-electron chi connectivity index (χ1n) is 5.72. The molecule has 0 N–H and O–H groups in total. The van der Waals surface area contributed by atoms with Crippen LogP contribution in [0.5, 0.6) is 0 Å². The Morgan fingerprint density at radius 1 is 1.05 bits per heavy atom. The molecule has 0 amide bonds. The summed E-state index contributed by atoms with van der Waals surface area (Å²) in [6.45, 7) is 0. The van der Waals surface area contributed by atoms with Gasteiger partial charge in [-0.15, -0.1) is 0 Å². The SMILES string of the molecule is [N-]=[N+]=NC1(c2ccccc2)OC(=O)c2ccccc21. The largest absolute Gasteiger partial charge is 0.439 e. The average Bonchev–Trinajstić information content (AvgIpc) is 2.75. The Morgan fingerprint density at radius 2 is 1.74 bits per heavy atom. The van der Waals surface area contributed by atoms with Crippen LogP contribution in [0.25, 0.3) is 10.4 Å². The number of nitrogens with zero attached hydrogens (tertiary/aromatic N) is 3. The van der Waals surface area contributed by atoms with Gasteiger partial charge in [-0.05, 0) is 16.7 Å². The molecule has 1 unspecified atom stereocenters. The Labute approximate surface area is 109 Å². The summed E-state index contributed by atoms with van der Waals surface area (Å²) in [6, 6.07) is 15.9. The van der Waals surface area contributed by atoms with Crippen molar-refractivity contribution in [2.45, 2.75) is 5.72 Å². The molecule has 2 aromatic carbocycles. The van der Waals surface area contributed by atoms with E-state index >= 15 is 0 Å². The maximum atomic E-state index is 11.9. The monoisotopic (exact) mass is 251 g/mol. The standard InChI is InChI=1S/C14H9N3O2/c15-17-16-14(10-6-2-1-3-7-10)12-9-5-4-8-11(12)13(18)19-14/h1-9H. The third-order valence-electron chi connectivity index (χ3n) is 3.10. The lowest BCUT2D eigenvalue weighted by atomic mass is 9.94. The minimum Gasteiger partial charge on any atom is -0.439 e. The number of rotatable bonds is 2. The predicted molar refractivity (Wildman–Crippen MR) is 68.2 cm³/mol. The van der Waals surface area contributed by atoms with Crippen LogP contribution in [0, 0.1) is 0 Å². The molecule has 5 nitrogen and oxygen atoms in total. The molecule has 2 aromatic rings. The summed E-state index contributed by atoms with van der Waals surface area (Å²) in [5.74, 6) is -0.480. The lowest BCUT2D eigenvalue weighted by molar-refractivity contribution is 0.0135. The van der Waals surface area contributed by atoms with Crippen LogP contribution >= 0.6 is 0 Å². The number of azide groups is 1. The number of esters is 1. The van der Waals surface area contributed by atoms with Gasteiger partial charge in [0.2, 0.25) is 5.72 Å². The summed E-state index contributed by atoms with van der Waals surface area (Å²) in [5.41, 5.74) is 9.07. The number of cyclic esters (lactones) is 1. The highest BCUT2D eigenvalue weighted by Crippen LogP contribution is 2.42. The van der Waals surface area contributed by atoms with E-state index in [0.717, 1.165) is 0 Å². The summed E-state index contributed by atoms with van der Waals surface area (Å²) in [4.78, 5) is 14.8. The normalized spacial score (nSPS) is 20.3. The molecule has 3 rings (SSSR count). The second-order valence-corrected chi connectivity index (χ2v) is 4.13. The third-order valence-corrected chi connectivity index (χ3v) is 3.10. The summed E-state index contributed by atoms with van der Waals surface area (Å²) in [6.07, 6.45) is 0. The van der Waals surface area contributed by atoms with Crippen molar-refractivity contribution < 1.29 is 9.53 Å². The molecule has 0 spiro atoms. The predicted octanol–water partition coefficient (Wildman–Crippen LogP) is 3.37. The summed E-state index contributed by atoms with van der Waals surface area (Å²) < 4.78 is 5.39. The first kappa shape index (κ1) is 11.3. The van der Waals surface area contributed by atoms with Gasteiger partial charge < -0.3 is 4.74 Å². The molecule has 1 atom stereocenters. The fourth-order valence-corrected chi connectivity index (χ4v) is 2.27. The Bertz CT molecular complexity index is 693. The molecular formula is C14H9N3O2. The number of hydrogen-bond donors (Lipinski definition) is 0. The lowest BCUT2D eigenvalue weighted by Gasteiger charge is -2.23. The van der Waals surface area contributed by atoms with E-state index in [1.807, 2.05) is 6.07 Å². The highest BCUT2D eigenvalue weighted by Gasteiger charge is 2.46. The maximum absolute atomic E-state index is 11.9. The first-order valence-corrected chi connectivity index (χ1v) is 5.72. The second-order valence-electron chi connectivity index (χ2n) is 4.13. The highest BCUT2D eigenvalue weighted by molar-refractivity contribution is 5.95. The molecule has 1 aliphatic heterocycles. The van der Waals surface area contributed by atoms with Crippen LogP contribution in [-0.2, 0) is 10.5 Å². The molecule has 0 aromatic heterocycles. The molecule has 1 heterocycles. The van der Waals surface area contributed by atoms with Crippen LogP contribution in [-0.4, -0.2) is 5.97 Å². The van der Waals surface area contributed by atoms with Crippen molar-refractivity contribution in [3.63, 3.8) is 0 Å². The zero-order valence-electron chi connectivity index (χ0n) is 9.85. The van der Waals surface area contributed by atoms with Gasteiger partial charge in [0.1, 0.15) is 0 Å². The Balaban J connectivity index is 2.31. The van der Waals surface area contributed by atoms with E-state index in [-0.39, 0.29) is 0 Å². The molecule has 5 heteroatoms. The molecule has 0 bridgehead atoms. The van der Waals surface area contributed by atoms with Crippen LogP contribution in [0.15, 0.2) is 59.7 Å². The smallest absolute Gasteiger partial charge is 0.339 e. The zero-order chi connectivity index (χ0) is 13.3. The van der Waals surface area contributed by atoms with Crippen LogP contribution < -0.4 is 0 Å². The van der Waals surface area contributed by atoms with Crippen LogP contribution in [0.2, 0.25) is 0 Å². The van der Waals surface area contributed by atoms with E-state index in [1.165, 1.54) is 0 Å². The molecule has 92 valence electrons. The Morgan fingerprint density at radius 3 is 2.47 bits per heavy atom. The molecule has 1 aliphatic rings. The van der Waals surface area contributed by atoms with Crippen molar-refractivity contribution in [2.24, 2.45) is 5.11 Å². The van der Waals surface area contributed by atoms with Crippen molar-refractivity contribution in [1.82, 2.24) is 0 Å². The zero-order valence-corrected chi connectivity index (χ0v) is 9.85. The fourth-order valence-electron chi connectivity index (χ4n) is 2.27. The van der Waals surface area contributed by atoms with E-state index in [2.05, 4.69) is 10.0 Å². The lowest BCUT2D eigenvalue weighted by Crippen LogP contribution is -2.24. The number of carbonyl (C=O) groups excluding carboxylic acids is 1. The number of carbonyl (C=O) groups is 1. The van der Waals surface area contributed by atoms with E-state index in [0.29, 0.717) is 16.7 Å². The quantitative estimate of drug-likeness (QED) is 0.355. The minimum absolute atomic E-state index is 0.429. The van der Waals surface area contributed by atoms with Gasteiger partial charge >= 0.3 is 5.97 Å². The van der Waals surface area contributed by atoms with Gasteiger partial charge in [0, 0.05) is 16.0 Å². The van der Waals surface area contributed by atoms with Crippen LogP contribution in [0.1, 0.15) is 21.5 Å². The van der Waals surface area contributed by atoms with Gasteiger partial charge in [-0.2, -0.15) is 0 Å². The number of benzene rings is 2. The third kappa shape index (κ3) is 1.57.